The van der Waals surface area contributed by atoms with Gasteiger partial charge in [-0.1, -0.05) is 42.5 Å². The largest absolute Gasteiger partial charge is 0.347 e. The number of allylic oxidation sites excluding steroid dienone is 2. The Labute approximate surface area is 168 Å². The molecule has 0 atom stereocenters. The van der Waals surface area contributed by atoms with Crippen LogP contribution in [0.25, 0.3) is 6.08 Å². The summed E-state index contributed by atoms with van der Waals surface area (Å²) in [5.41, 5.74) is 0.425. The van der Waals surface area contributed by atoms with Gasteiger partial charge in [0.1, 0.15) is 0 Å². The van der Waals surface area contributed by atoms with Gasteiger partial charge >= 0.3 is 6.03 Å². The number of anilines is 1. The molecule has 2 N–H and O–H groups in total. The van der Waals surface area contributed by atoms with Crippen LogP contribution in [0, 0.1) is 24.4 Å². The fourth-order valence-corrected chi connectivity index (χ4v) is 3.13. The van der Waals surface area contributed by atoms with E-state index in [1.54, 1.807) is 12.2 Å². The molecule has 0 saturated carbocycles. The number of amidine groups is 1. The third-order valence-corrected chi connectivity index (χ3v) is 4.77. The Bertz CT molecular complexity index is 1070. The van der Waals surface area contributed by atoms with E-state index in [9.17, 15) is 22.8 Å². The molecule has 2 aromatic rings. The first-order valence-electron chi connectivity index (χ1n) is 8.31. The van der Waals surface area contributed by atoms with Crippen molar-refractivity contribution >= 4 is 40.6 Å². The smallest absolute Gasteiger partial charge is 0.306 e. The number of rotatable bonds is 3. The van der Waals surface area contributed by atoms with Crippen molar-refractivity contribution < 1.29 is 22.8 Å². The van der Waals surface area contributed by atoms with Crippen LogP contribution in [0.2, 0.25) is 0 Å². The maximum atomic E-state index is 13.6. The van der Waals surface area contributed by atoms with Gasteiger partial charge in [0, 0.05) is 11.6 Å². The second kappa shape index (κ2) is 8.78. The average molecular weight is 417 g/mol. The summed E-state index contributed by atoms with van der Waals surface area (Å²) >= 11 is 0.936. The number of carbonyl (C=O) groups is 2. The predicted octanol–water partition coefficient (Wildman–Crippen LogP) is 4.76. The number of halogens is 3. The molecule has 148 valence electrons. The number of nitrogens with zero attached hydrogens (tertiary/aromatic N) is 1. The van der Waals surface area contributed by atoms with Gasteiger partial charge in [-0.05, 0) is 30.3 Å². The van der Waals surface area contributed by atoms with Gasteiger partial charge in [0.25, 0.3) is 5.91 Å². The molecular formula is C20H14F3N3O2S. The highest BCUT2D eigenvalue weighted by Crippen LogP contribution is 2.25. The van der Waals surface area contributed by atoms with E-state index in [4.69, 9.17) is 0 Å². The first kappa shape index (κ1) is 20.4. The lowest BCUT2D eigenvalue weighted by Gasteiger charge is -2.08. The molecule has 1 aliphatic rings. The number of carbonyl (C=O) groups excluding carboxylic acids is 2. The van der Waals surface area contributed by atoms with Gasteiger partial charge in [0.05, 0.1) is 10.6 Å². The summed E-state index contributed by atoms with van der Waals surface area (Å²) in [6, 6.07) is 9.14. The summed E-state index contributed by atoms with van der Waals surface area (Å²) < 4.78 is 40.1. The Balaban J connectivity index is 1.69. The van der Waals surface area contributed by atoms with E-state index in [2.05, 4.69) is 15.6 Å². The number of amides is 3. The van der Waals surface area contributed by atoms with E-state index >= 15 is 0 Å². The van der Waals surface area contributed by atoms with Gasteiger partial charge in [0.15, 0.2) is 22.6 Å². The van der Waals surface area contributed by atoms with Crippen molar-refractivity contribution in [3.63, 3.8) is 0 Å². The molecule has 0 unspecified atom stereocenters. The second-order valence-corrected chi connectivity index (χ2v) is 6.89. The zero-order valence-corrected chi connectivity index (χ0v) is 15.8. The Morgan fingerprint density at radius 2 is 1.90 bits per heavy atom. The Morgan fingerprint density at radius 3 is 2.62 bits per heavy atom. The third-order valence-electron chi connectivity index (χ3n) is 3.84. The van der Waals surface area contributed by atoms with Gasteiger partial charge < -0.3 is 10.6 Å². The summed E-state index contributed by atoms with van der Waals surface area (Å²) in [6.07, 6.45) is 5.07. The number of benzene rings is 2. The van der Waals surface area contributed by atoms with Gasteiger partial charge in [0.2, 0.25) is 0 Å². The van der Waals surface area contributed by atoms with Crippen LogP contribution in [0.3, 0.4) is 0 Å². The maximum Gasteiger partial charge on any atom is 0.347 e. The fraction of sp³-hybridized carbons (Fsp3) is 0.0500. The number of nitrogens with one attached hydrogen (secondary N) is 2. The minimum atomic E-state index is -1.62. The van der Waals surface area contributed by atoms with E-state index in [0.29, 0.717) is 11.0 Å². The zero-order valence-electron chi connectivity index (χ0n) is 15.0. The van der Waals surface area contributed by atoms with E-state index in [0.717, 1.165) is 17.3 Å². The molecule has 29 heavy (non-hydrogen) atoms. The van der Waals surface area contributed by atoms with Crippen LogP contribution >= 0.6 is 11.8 Å². The van der Waals surface area contributed by atoms with Crippen molar-refractivity contribution in [3.8, 4) is 0 Å². The van der Waals surface area contributed by atoms with E-state index in [-0.39, 0.29) is 16.4 Å². The van der Waals surface area contributed by atoms with Crippen LogP contribution in [-0.2, 0) is 4.79 Å². The lowest BCUT2D eigenvalue weighted by Crippen LogP contribution is -2.22. The van der Waals surface area contributed by atoms with Crippen molar-refractivity contribution in [2.24, 2.45) is 4.99 Å². The molecule has 1 fully saturated rings. The minimum absolute atomic E-state index is 0.00701. The van der Waals surface area contributed by atoms with Crippen LogP contribution in [0.15, 0.2) is 58.4 Å². The van der Waals surface area contributed by atoms with Gasteiger partial charge in [-0.25, -0.2) is 18.0 Å². The maximum absolute atomic E-state index is 13.6. The van der Waals surface area contributed by atoms with Gasteiger partial charge in [-0.15, -0.1) is 0 Å². The molecule has 1 aliphatic heterocycles. The first-order valence-corrected chi connectivity index (χ1v) is 9.13. The van der Waals surface area contributed by atoms with Crippen molar-refractivity contribution in [3.05, 3.63) is 82.0 Å². The van der Waals surface area contributed by atoms with E-state index < -0.39 is 29.4 Å². The molecule has 0 radical (unpaired) electrons. The standard InChI is InChI=1S/C20H14F3N3O2S/c1-11-14(10-13(21)17(23)16(11)22)24-19(28)26-20-25-18(27)15(29-20)9-5-8-12-6-3-2-4-7-12/h2-10H,1H3,(H2,24,25,26,27,28). The molecule has 9 heteroatoms. The Morgan fingerprint density at radius 1 is 1.17 bits per heavy atom. The molecule has 0 spiro atoms. The van der Waals surface area contributed by atoms with Crippen LogP contribution in [0.1, 0.15) is 11.1 Å². The quantitative estimate of drug-likeness (QED) is 0.559. The molecular weight excluding hydrogens is 403 g/mol. The van der Waals surface area contributed by atoms with E-state index in [1.165, 1.54) is 6.92 Å². The number of aliphatic imine (C=N–C) groups is 1. The highest BCUT2D eigenvalue weighted by molar-refractivity contribution is 8.18. The van der Waals surface area contributed by atoms with Crippen LogP contribution in [0.4, 0.5) is 23.7 Å². The highest BCUT2D eigenvalue weighted by Gasteiger charge is 2.24. The monoisotopic (exact) mass is 417 g/mol. The lowest BCUT2D eigenvalue weighted by molar-refractivity contribution is -0.115. The number of urea groups is 1. The van der Waals surface area contributed by atoms with Crippen LogP contribution in [-0.4, -0.2) is 17.1 Å². The molecule has 2 aromatic carbocycles. The summed E-state index contributed by atoms with van der Waals surface area (Å²) in [7, 11) is 0. The second-order valence-electron chi connectivity index (χ2n) is 5.86. The van der Waals surface area contributed by atoms with Crippen molar-refractivity contribution in [1.29, 1.82) is 0 Å². The van der Waals surface area contributed by atoms with Gasteiger partial charge in [-0.3, -0.25) is 4.79 Å². The lowest BCUT2D eigenvalue weighted by atomic mass is 10.1. The van der Waals surface area contributed by atoms with Crippen molar-refractivity contribution in [2.45, 2.75) is 6.92 Å². The summed E-state index contributed by atoms with van der Waals surface area (Å²) in [4.78, 5) is 27.9. The van der Waals surface area contributed by atoms with Crippen molar-refractivity contribution in [2.75, 3.05) is 5.32 Å². The molecule has 1 heterocycles. The van der Waals surface area contributed by atoms with Crippen molar-refractivity contribution in [1.82, 2.24) is 5.32 Å². The summed E-state index contributed by atoms with van der Waals surface area (Å²) in [6.45, 7) is 1.19. The Kier molecular flexibility index (Phi) is 6.18. The topological polar surface area (TPSA) is 70.6 Å². The van der Waals surface area contributed by atoms with Crippen LogP contribution in [0.5, 0.6) is 0 Å². The molecule has 0 aliphatic carbocycles. The predicted molar refractivity (Wildman–Crippen MR) is 107 cm³/mol. The third kappa shape index (κ3) is 4.94. The fourth-order valence-electron chi connectivity index (χ4n) is 2.36. The number of hydrogen-bond acceptors (Lipinski definition) is 3. The molecule has 0 bridgehead atoms. The highest BCUT2D eigenvalue weighted by atomic mass is 32.2. The average Bonchev–Trinajstić information content (AvgIpc) is 3.04. The number of thioether (sulfide) groups is 1. The Hall–Kier alpha value is -3.33. The zero-order chi connectivity index (χ0) is 21.0. The first-order chi connectivity index (χ1) is 13.8. The summed E-state index contributed by atoms with van der Waals surface area (Å²) in [5.74, 6) is -4.89. The molecule has 5 nitrogen and oxygen atoms in total. The van der Waals surface area contributed by atoms with Crippen LogP contribution < -0.4 is 10.6 Å². The number of hydrogen-bond donors (Lipinski definition) is 2. The molecule has 3 rings (SSSR count). The molecule has 3 amide bonds. The summed E-state index contributed by atoms with van der Waals surface area (Å²) in [5, 5.41) is 4.59. The molecule has 0 aromatic heterocycles. The normalized spacial score (nSPS) is 16.6. The molecule has 1 saturated heterocycles. The van der Waals surface area contributed by atoms with Gasteiger partial charge in [-0.2, -0.15) is 4.99 Å². The minimum Gasteiger partial charge on any atom is -0.306 e. The van der Waals surface area contributed by atoms with E-state index in [1.807, 2.05) is 36.4 Å². The SMILES string of the molecule is Cc1c(NC(=O)N=C2NC(=O)C(=CC=Cc3ccccc3)S2)cc(F)c(F)c1F.